The number of anilines is 1. The first-order valence-electron chi connectivity index (χ1n) is 5.21. The van der Waals surface area contributed by atoms with Crippen LogP contribution in [0, 0.1) is 0 Å². The first kappa shape index (κ1) is 13.3. The molecule has 3 nitrogen and oxygen atoms in total. The molecule has 1 N–H and O–H groups in total. The molecule has 0 saturated heterocycles. The minimum absolute atomic E-state index is 0.422. The van der Waals surface area contributed by atoms with Crippen LogP contribution in [0.1, 0.15) is 25.0 Å². The number of benzene rings is 1. The van der Waals surface area contributed by atoms with Gasteiger partial charge in [0.25, 0.3) is 0 Å². The highest BCUT2D eigenvalue weighted by Gasteiger charge is 2.13. The lowest BCUT2D eigenvalue weighted by atomic mass is 10.0. The van der Waals surface area contributed by atoms with Gasteiger partial charge in [0.15, 0.2) is 0 Å². The van der Waals surface area contributed by atoms with Crippen molar-refractivity contribution in [3.8, 4) is 0 Å². The van der Waals surface area contributed by atoms with Gasteiger partial charge in [-0.3, -0.25) is 4.72 Å². The minimum Gasteiger partial charge on any atom is -0.282 e. The summed E-state index contributed by atoms with van der Waals surface area (Å²) in [5.74, 6) is 0. The van der Waals surface area contributed by atoms with Crippen LogP contribution in [0.4, 0.5) is 5.69 Å². The van der Waals surface area contributed by atoms with Crippen LogP contribution in [0.15, 0.2) is 18.2 Å². The quantitative estimate of drug-likeness (QED) is 0.829. The third-order valence-corrected chi connectivity index (χ3v) is 4.06. The Morgan fingerprint density at radius 2 is 1.69 bits per heavy atom. The van der Waals surface area contributed by atoms with Gasteiger partial charge in [-0.15, -0.1) is 11.6 Å². The Kier molecular flexibility index (Phi) is 4.62. The van der Waals surface area contributed by atoms with Gasteiger partial charge < -0.3 is 0 Å². The van der Waals surface area contributed by atoms with E-state index in [4.69, 9.17) is 11.6 Å². The summed E-state index contributed by atoms with van der Waals surface area (Å²) in [6, 6.07) is 5.78. The monoisotopic (exact) mass is 261 g/mol. The van der Waals surface area contributed by atoms with Gasteiger partial charge in [0.2, 0.25) is 10.0 Å². The third-order valence-electron chi connectivity index (χ3n) is 2.40. The molecule has 0 unspecified atom stereocenters. The molecule has 16 heavy (non-hydrogen) atoms. The molecular weight excluding hydrogens is 246 g/mol. The Morgan fingerprint density at radius 3 is 2.06 bits per heavy atom. The van der Waals surface area contributed by atoms with Crippen LogP contribution in [-0.4, -0.2) is 13.6 Å². The molecule has 0 radical (unpaired) electrons. The van der Waals surface area contributed by atoms with Gasteiger partial charge in [-0.1, -0.05) is 32.0 Å². The maximum absolute atomic E-state index is 11.5. The van der Waals surface area contributed by atoms with Gasteiger partial charge in [0.1, 0.15) is 5.21 Å². The van der Waals surface area contributed by atoms with E-state index in [0.717, 1.165) is 24.0 Å². The molecule has 0 saturated carbocycles. The number of para-hydroxylation sites is 1. The van der Waals surface area contributed by atoms with Crippen molar-refractivity contribution in [2.45, 2.75) is 26.7 Å². The van der Waals surface area contributed by atoms with Crippen molar-refractivity contribution in [1.82, 2.24) is 0 Å². The van der Waals surface area contributed by atoms with E-state index in [1.807, 2.05) is 32.0 Å². The van der Waals surface area contributed by atoms with Crippen molar-refractivity contribution in [2.24, 2.45) is 0 Å². The van der Waals surface area contributed by atoms with Crippen LogP contribution in [-0.2, 0) is 22.9 Å². The molecule has 0 heterocycles. The van der Waals surface area contributed by atoms with Crippen LogP contribution in [0.5, 0.6) is 0 Å². The maximum atomic E-state index is 11.5. The van der Waals surface area contributed by atoms with E-state index in [-0.39, 0.29) is 0 Å². The van der Waals surface area contributed by atoms with Crippen LogP contribution in [0.2, 0.25) is 0 Å². The highest BCUT2D eigenvalue weighted by atomic mass is 35.5. The molecule has 0 aliphatic heterocycles. The van der Waals surface area contributed by atoms with Crippen molar-refractivity contribution < 1.29 is 8.42 Å². The van der Waals surface area contributed by atoms with E-state index in [1.54, 1.807) is 0 Å². The summed E-state index contributed by atoms with van der Waals surface area (Å²) in [4.78, 5) is 0. The van der Waals surface area contributed by atoms with Crippen LogP contribution >= 0.6 is 11.6 Å². The average molecular weight is 262 g/mol. The molecule has 1 aromatic rings. The van der Waals surface area contributed by atoms with E-state index in [0.29, 0.717) is 5.69 Å². The molecule has 0 amide bonds. The summed E-state index contributed by atoms with van der Waals surface area (Å²) in [6.07, 6.45) is 1.57. The van der Waals surface area contributed by atoms with Gasteiger partial charge in [0, 0.05) is 0 Å². The van der Waals surface area contributed by atoms with E-state index < -0.39 is 15.2 Å². The molecule has 0 aliphatic rings. The molecule has 0 bridgehead atoms. The van der Waals surface area contributed by atoms with Crippen molar-refractivity contribution in [3.63, 3.8) is 0 Å². The first-order chi connectivity index (χ1) is 7.54. The summed E-state index contributed by atoms with van der Waals surface area (Å²) < 4.78 is 25.5. The summed E-state index contributed by atoms with van der Waals surface area (Å²) in [7, 11) is -3.42. The lowest BCUT2D eigenvalue weighted by molar-refractivity contribution is 0.605. The van der Waals surface area contributed by atoms with Gasteiger partial charge >= 0.3 is 0 Å². The number of hydrogen-bond acceptors (Lipinski definition) is 2. The zero-order valence-corrected chi connectivity index (χ0v) is 11.0. The predicted octanol–water partition coefficient (Wildman–Crippen LogP) is 2.75. The molecule has 90 valence electrons. The molecular formula is C11H16ClNO2S. The lowest BCUT2D eigenvalue weighted by Crippen LogP contribution is -2.16. The summed E-state index contributed by atoms with van der Waals surface area (Å²) in [5, 5.41) is -0.422. The molecule has 0 fully saturated rings. The number of rotatable bonds is 5. The molecule has 1 rings (SSSR count). The zero-order valence-electron chi connectivity index (χ0n) is 9.46. The fourth-order valence-corrected chi connectivity index (χ4v) is 2.35. The molecule has 1 aromatic carbocycles. The van der Waals surface area contributed by atoms with Crippen LogP contribution < -0.4 is 4.72 Å². The van der Waals surface area contributed by atoms with Gasteiger partial charge in [-0.2, -0.15) is 0 Å². The predicted molar refractivity (Wildman–Crippen MR) is 68.5 cm³/mol. The van der Waals surface area contributed by atoms with E-state index in [9.17, 15) is 8.42 Å². The van der Waals surface area contributed by atoms with E-state index in [2.05, 4.69) is 4.72 Å². The lowest BCUT2D eigenvalue weighted by Gasteiger charge is -2.14. The maximum Gasteiger partial charge on any atom is 0.246 e. The molecule has 0 spiro atoms. The van der Waals surface area contributed by atoms with Crippen LogP contribution in [0.3, 0.4) is 0 Å². The SMILES string of the molecule is CCc1cccc(CC)c1NS(=O)(=O)CCl. The van der Waals surface area contributed by atoms with Gasteiger partial charge in [-0.05, 0) is 24.0 Å². The van der Waals surface area contributed by atoms with E-state index >= 15 is 0 Å². The Morgan fingerprint density at radius 1 is 1.19 bits per heavy atom. The summed E-state index contributed by atoms with van der Waals surface area (Å²) >= 11 is 5.38. The third kappa shape index (κ3) is 3.12. The summed E-state index contributed by atoms with van der Waals surface area (Å²) in [6.45, 7) is 3.99. The summed E-state index contributed by atoms with van der Waals surface area (Å²) in [5.41, 5.74) is 2.68. The van der Waals surface area contributed by atoms with Crippen molar-refractivity contribution in [3.05, 3.63) is 29.3 Å². The number of aryl methyl sites for hydroxylation is 2. The second kappa shape index (κ2) is 5.55. The van der Waals surface area contributed by atoms with Crippen molar-refractivity contribution >= 4 is 27.3 Å². The molecule has 0 aromatic heterocycles. The highest BCUT2D eigenvalue weighted by Crippen LogP contribution is 2.23. The smallest absolute Gasteiger partial charge is 0.246 e. The Balaban J connectivity index is 3.19. The molecule has 5 heteroatoms. The number of sulfonamides is 1. The van der Waals surface area contributed by atoms with Crippen LogP contribution in [0.25, 0.3) is 0 Å². The van der Waals surface area contributed by atoms with E-state index in [1.165, 1.54) is 0 Å². The van der Waals surface area contributed by atoms with Gasteiger partial charge in [0.05, 0.1) is 5.69 Å². The average Bonchev–Trinajstić information content (AvgIpc) is 2.29. The Hall–Kier alpha value is -0.740. The second-order valence-corrected chi connectivity index (χ2v) is 5.79. The largest absolute Gasteiger partial charge is 0.282 e. The molecule has 0 aliphatic carbocycles. The molecule has 0 atom stereocenters. The number of nitrogens with one attached hydrogen (secondary N) is 1. The fourth-order valence-electron chi connectivity index (χ4n) is 1.56. The standard InChI is InChI=1S/C11H16ClNO2S/c1-3-9-6-5-7-10(4-2)11(9)13-16(14,15)8-12/h5-7,13H,3-4,8H2,1-2H3. The Bertz CT molecular complexity index is 435. The normalized spacial score (nSPS) is 11.4. The van der Waals surface area contributed by atoms with Gasteiger partial charge in [-0.25, -0.2) is 8.42 Å². The number of hydrogen-bond donors (Lipinski definition) is 1. The fraction of sp³-hybridized carbons (Fsp3) is 0.455. The Labute approximate surface area is 102 Å². The number of halogens is 1. The second-order valence-electron chi connectivity index (χ2n) is 3.48. The van der Waals surface area contributed by atoms with Crippen molar-refractivity contribution in [2.75, 3.05) is 9.93 Å². The number of alkyl halides is 1. The highest BCUT2D eigenvalue weighted by molar-refractivity contribution is 7.93. The zero-order chi connectivity index (χ0) is 12.2. The van der Waals surface area contributed by atoms with Crippen molar-refractivity contribution in [1.29, 1.82) is 0 Å². The minimum atomic E-state index is -3.42. The topological polar surface area (TPSA) is 46.2 Å². The first-order valence-corrected chi connectivity index (χ1v) is 7.40.